The van der Waals surface area contributed by atoms with Crippen LogP contribution in [0.5, 0.6) is 0 Å². The highest BCUT2D eigenvalue weighted by atomic mass is 17.0. The number of aliphatic hydroxyl groups is 2. The van der Waals surface area contributed by atoms with E-state index in [2.05, 4.69) is 17.1 Å². The Kier molecular flexibility index (Phi) is 17.3. The van der Waals surface area contributed by atoms with E-state index in [1.54, 1.807) is 0 Å². The van der Waals surface area contributed by atoms with Crippen LogP contribution >= 0.6 is 0 Å². The number of carbonyl (C=O) groups is 3. The van der Waals surface area contributed by atoms with Crippen molar-refractivity contribution >= 4 is 17.7 Å². The number of Topliss-reactive ketones (excluding diaryl/α,β-unsaturated/α-hetero) is 1. The first-order chi connectivity index (χ1) is 18.5. The number of esters is 1. The molecule has 11 heteroatoms. The van der Waals surface area contributed by atoms with Crippen molar-refractivity contribution in [3.63, 3.8) is 0 Å². The molecule has 0 bridgehead atoms. The third kappa shape index (κ3) is 15.0. The molecule has 39 heavy (non-hydrogen) atoms. The van der Waals surface area contributed by atoms with Gasteiger partial charge in [0.05, 0.1) is 12.2 Å². The first kappa shape index (κ1) is 34.5. The summed E-state index contributed by atoms with van der Waals surface area (Å²) in [6.07, 6.45) is 11.3. The SMILES string of the molecule is CCCCCCCC(=O)CC[C@@H]1[C@@H](CC=CCCCC(=O)NC(C)C(=O)OCC(C)O[N+](=O)[O-])[C@@H](O)C[C@H]1O. The minimum Gasteiger partial charge on any atom is -0.462 e. The van der Waals surface area contributed by atoms with Gasteiger partial charge < -0.3 is 25.1 Å². The molecule has 0 spiro atoms. The molecular formula is C28H48N2O9. The number of carbonyl (C=O) groups excluding carboxylic acids is 3. The molecule has 0 radical (unpaired) electrons. The number of hydrogen-bond acceptors (Lipinski definition) is 9. The van der Waals surface area contributed by atoms with Crippen molar-refractivity contribution in [1.29, 1.82) is 0 Å². The molecule has 1 rings (SSSR count). The van der Waals surface area contributed by atoms with Gasteiger partial charge in [0.2, 0.25) is 5.91 Å². The summed E-state index contributed by atoms with van der Waals surface area (Å²) in [5.74, 6) is -0.986. The van der Waals surface area contributed by atoms with E-state index in [9.17, 15) is 34.7 Å². The standard InChI is InChI=1S/C28H48N2O9/c1-4-5-6-7-10-13-22(31)16-17-24-23(25(32)18-26(24)33)14-11-8-9-12-15-27(34)29-21(3)28(35)38-19-20(2)39-30(36)37/h8,11,20-21,23-26,32-33H,4-7,9-10,12-19H2,1-3H3,(H,29,34)/t20?,21?,23-,24-,25+,26-/m1/s1. The quantitative estimate of drug-likeness (QED) is 0.0626. The molecule has 3 N–H and O–H groups in total. The Bertz CT molecular complexity index is 789. The fraction of sp³-hybridized carbons (Fsp3) is 0.821. The summed E-state index contributed by atoms with van der Waals surface area (Å²) in [6.45, 7) is 4.72. The number of unbranched alkanes of at least 4 members (excludes halogenated alkanes) is 5. The molecule has 11 nitrogen and oxygen atoms in total. The normalized spacial score (nSPS) is 22.4. The maximum absolute atomic E-state index is 12.3. The van der Waals surface area contributed by atoms with Crippen molar-refractivity contribution in [1.82, 2.24) is 5.32 Å². The summed E-state index contributed by atoms with van der Waals surface area (Å²) in [7, 11) is 0. The predicted octanol–water partition coefficient (Wildman–Crippen LogP) is 3.82. The van der Waals surface area contributed by atoms with E-state index >= 15 is 0 Å². The van der Waals surface area contributed by atoms with Crippen LogP contribution in [0.1, 0.15) is 104 Å². The number of hydrogen-bond donors (Lipinski definition) is 3. The van der Waals surface area contributed by atoms with E-state index in [0.29, 0.717) is 44.9 Å². The predicted molar refractivity (Wildman–Crippen MR) is 145 cm³/mol. The maximum atomic E-state index is 12.3. The van der Waals surface area contributed by atoms with Gasteiger partial charge in [0, 0.05) is 19.3 Å². The molecule has 1 aliphatic carbocycles. The molecule has 1 saturated carbocycles. The van der Waals surface area contributed by atoms with Crippen LogP contribution in [0, 0.1) is 22.0 Å². The van der Waals surface area contributed by atoms with Crippen LogP contribution < -0.4 is 5.32 Å². The van der Waals surface area contributed by atoms with Crippen LogP contribution in [-0.4, -0.2) is 63.9 Å². The number of amides is 1. The highest BCUT2D eigenvalue weighted by Gasteiger charge is 2.40. The van der Waals surface area contributed by atoms with Crippen LogP contribution in [0.4, 0.5) is 0 Å². The zero-order valence-electron chi connectivity index (χ0n) is 23.7. The lowest BCUT2D eigenvalue weighted by atomic mass is 9.86. The molecule has 0 aromatic rings. The fourth-order valence-corrected chi connectivity index (χ4v) is 4.91. The number of allylic oxidation sites excluding steroid dienone is 2. The fourth-order valence-electron chi connectivity index (χ4n) is 4.91. The van der Waals surface area contributed by atoms with Crippen molar-refractivity contribution in [3.05, 3.63) is 22.3 Å². The second-order valence-electron chi connectivity index (χ2n) is 10.6. The van der Waals surface area contributed by atoms with Crippen LogP contribution in [0.2, 0.25) is 0 Å². The zero-order valence-corrected chi connectivity index (χ0v) is 23.7. The van der Waals surface area contributed by atoms with E-state index < -0.39 is 35.4 Å². The molecule has 0 heterocycles. The first-order valence-corrected chi connectivity index (χ1v) is 14.3. The van der Waals surface area contributed by atoms with Crippen LogP contribution in [0.3, 0.4) is 0 Å². The molecule has 1 fully saturated rings. The Morgan fingerprint density at radius 1 is 1.00 bits per heavy atom. The monoisotopic (exact) mass is 556 g/mol. The minimum absolute atomic E-state index is 0.0951. The molecule has 6 atom stereocenters. The van der Waals surface area contributed by atoms with Gasteiger partial charge >= 0.3 is 5.97 Å². The van der Waals surface area contributed by atoms with Crippen LogP contribution in [-0.2, 0) is 24.0 Å². The summed E-state index contributed by atoms with van der Waals surface area (Å²) in [5.41, 5.74) is 0. The number of aliphatic hydroxyl groups excluding tert-OH is 2. The Morgan fingerprint density at radius 3 is 2.38 bits per heavy atom. The van der Waals surface area contributed by atoms with Crippen molar-refractivity contribution in [2.24, 2.45) is 11.8 Å². The Morgan fingerprint density at radius 2 is 1.69 bits per heavy atom. The number of rotatable bonds is 21. The van der Waals surface area contributed by atoms with E-state index in [-0.39, 0.29) is 36.6 Å². The molecule has 1 amide bonds. The highest BCUT2D eigenvalue weighted by Crippen LogP contribution is 2.38. The largest absolute Gasteiger partial charge is 0.462 e. The molecule has 0 saturated heterocycles. The minimum atomic E-state index is -0.962. The third-order valence-corrected chi connectivity index (χ3v) is 7.14. The van der Waals surface area contributed by atoms with Gasteiger partial charge in [-0.25, -0.2) is 4.79 Å². The number of nitrogens with one attached hydrogen (secondary N) is 1. The Balaban J connectivity index is 2.29. The lowest BCUT2D eigenvalue weighted by Crippen LogP contribution is -2.40. The smallest absolute Gasteiger partial charge is 0.328 e. The van der Waals surface area contributed by atoms with Crippen LogP contribution in [0.25, 0.3) is 0 Å². The lowest BCUT2D eigenvalue weighted by molar-refractivity contribution is -0.767. The van der Waals surface area contributed by atoms with Crippen LogP contribution in [0.15, 0.2) is 12.2 Å². The van der Waals surface area contributed by atoms with Crippen molar-refractivity contribution in [3.8, 4) is 0 Å². The van der Waals surface area contributed by atoms with E-state index in [1.165, 1.54) is 26.7 Å². The van der Waals surface area contributed by atoms with E-state index in [1.807, 2.05) is 12.2 Å². The van der Waals surface area contributed by atoms with Gasteiger partial charge in [-0.3, -0.25) is 9.59 Å². The topological polar surface area (TPSA) is 165 Å². The second-order valence-corrected chi connectivity index (χ2v) is 10.6. The van der Waals surface area contributed by atoms with Crippen molar-refractivity contribution in [2.75, 3.05) is 6.61 Å². The number of nitrogens with zero attached hydrogens (tertiary/aromatic N) is 1. The summed E-state index contributed by atoms with van der Waals surface area (Å²) in [4.78, 5) is 50.8. The van der Waals surface area contributed by atoms with E-state index in [0.717, 1.165) is 19.3 Å². The van der Waals surface area contributed by atoms with Gasteiger partial charge in [0.25, 0.3) is 5.09 Å². The van der Waals surface area contributed by atoms with Gasteiger partial charge in [0.15, 0.2) is 0 Å². The summed E-state index contributed by atoms with van der Waals surface area (Å²) in [5, 5.41) is 32.7. The van der Waals surface area contributed by atoms with Gasteiger partial charge in [-0.15, -0.1) is 10.1 Å². The molecule has 224 valence electrons. The van der Waals surface area contributed by atoms with Crippen molar-refractivity contribution in [2.45, 2.75) is 129 Å². The zero-order chi connectivity index (χ0) is 29.2. The summed E-state index contributed by atoms with van der Waals surface area (Å²) < 4.78 is 4.91. The Hall–Kier alpha value is -2.53. The third-order valence-electron chi connectivity index (χ3n) is 7.14. The maximum Gasteiger partial charge on any atom is 0.328 e. The average molecular weight is 557 g/mol. The lowest BCUT2D eigenvalue weighted by Gasteiger charge is -2.22. The van der Waals surface area contributed by atoms with Gasteiger partial charge in [0.1, 0.15) is 24.5 Å². The summed E-state index contributed by atoms with van der Waals surface area (Å²) in [6, 6.07) is -0.893. The second kappa shape index (κ2) is 19.5. The number of ketones is 1. The summed E-state index contributed by atoms with van der Waals surface area (Å²) >= 11 is 0. The van der Waals surface area contributed by atoms with Gasteiger partial charge in [-0.05, 0) is 64.2 Å². The van der Waals surface area contributed by atoms with E-state index in [4.69, 9.17) is 4.74 Å². The highest BCUT2D eigenvalue weighted by molar-refractivity contribution is 5.84. The molecule has 0 aromatic carbocycles. The first-order valence-electron chi connectivity index (χ1n) is 14.3. The Labute approximate surface area is 231 Å². The average Bonchev–Trinajstić information content (AvgIpc) is 3.14. The molecular weight excluding hydrogens is 508 g/mol. The molecule has 0 aliphatic heterocycles. The molecule has 1 aliphatic rings. The van der Waals surface area contributed by atoms with Gasteiger partial charge in [-0.2, -0.15) is 0 Å². The van der Waals surface area contributed by atoms with Gasteiger partial charge in [-0.1, -0.05) is 44.8 Å². The van der Waals surface area contributed by atoms with Crippen molar-refractivity contribution < 1.29 is 39.3 Å². The molecule has 0 aromatic heterocycles. The molecule has 2 unspecified atom stereocenters. The number of ether oxygens (including phenoxy) is 1.